The largest absolute Gasteiger partial charge is 0.573 e. The molecule has 120 valence electrons. The molecule has 0 radical (unpaired) electrons. The fourth-order valence-corrected chi connectivity index (χ4v) is 2.68. The van der Waals surface area contributed by atoms with E-state index in [0.29, 0.717) is 5.56 Å². The van der Waals surface area contributed by atoms with Gasteiger partial charge >= 0.3 is 6.36 Å². The predicted molar refractivity (Wildman–Crippen MR) is 85.3 cm³/mol. The van der Waals surface area contributed by atoms with Gasteiger partial charge in [-0.05, 0) is 41.8 Å². The Morgan fingerprint density at radius 3 is 2.18 bits per heavy atom. The van der Waals surface area contributed by atoms with Crippen molar-refractivity contribution in [2.75, 3.05) is 0 Å². The highest BCUT2D eigenvalue weighted by molar-refractivity contribution is 9.10. The molecule has 0 saturated heterocycles. The molecule has 2 rings (SSSR count). The summed E-state index contributed by atoms with van der Waals surface area (Å²) >= 11 is 3.45. The van der Waals surface area contributed by atoms with Crippen LogP contribution in [0.2, 0.25) is 0 Å². The summed E-state index contributed by atoms with van der Waals surface area (Å²) in [6.45, 7) is 1.96. The van der Waals surface area contributed by atoms with E-state index in [2.05, 4.69) is 20.7 Å². The van der Waals surface area contributed by atoms with E-state index in [-0.39, 0.29) is 18.2 Å². The molecule has 0 spiro atoms. The Balaban J connectivity index is 0.00000242. The number of halogens is 5. The van der Waals surface area contributed by atoms with Gasteiger partial charge in [-0.3, -0.25) is 0 Å². The first kappa shape index (κ1) is 18.8. The molecule has 0 unspecified atom stereocenters. The normalized spacial score (nSPS) is 12.5. The molecule has 0 aromatic heterocycles. The summed E-state index contributed by atoms with van der Waals surface area (Å²) in [6, 6.07) is 10.9. The number of nitrogens with two attached hydrogens (primary N) is 1. The molecule has 1 atom stereocenters. The van der Waals surface area contributed by atoms with Crippen molar-refractivity contribution in [3.63, 3.8) is 0 Å². The Morgan fingerprint density at radius 1 is 1.09 bits per heavy atom. The van der Waals surface area contributed by atoms with Crippen LogP contribution in [-0.2, 0) is 0 Å². The number of hydrogen-bond acceptors (Lipinski definition) is 2. The van der Waals surface area contributed by atoms with E-state index in [9.17, 15) is 13.2 Å². The lowest BCUT2D eigenvalue weighted by molar-refractivity contribution is -0.274. The van der Waals surface area contributed by atoms with Crippen molar-refractivity contribution in [3.8, 4) is 5.75 Å². The van der Waals surface area contributed by atoms with Gasteiger partial charge in [0.2, 0.25) is 0 Å². The van der Waals surface area contributed by atoms with Crippen LogP contribution >= 0.6 is 28.3 Å². The molecular formula is C15H14BrClF3NO. The molecule has 7 heteroatoms. The smallest absolute Gasteiger partial charge is 0.406 e. The van der Waals surface area contributed by atoms with Gasteiger partial charge in [0.05, 0.1) is 6.04 Å². The molecule has 2 N–H and O–H groups in total. The molecule has 22 heavy (non-hydrogen) atoms. The van der Waals surface area contributed by atoms with Gasteiger partial charge in [0.25, 0.3) is 0 Å². The van der Waals surface area contributed by atoms with Crippen molar-refractivity contribution in [2.24, 2.45) is 5.73 Å². The van der Waals surface area contributed by atoms with Crippen LogP contribution in [0.15, 0.2) is 46.9 Å². The first-order valence-corrected chi connectivity index (χ1v) is 6.93. The van der Waals surface area contributed by atoms with Crippen LogP contribution in [0.1, 0.15) is 22.7 Å². The molecule has 2 aromatic carbocycles. The quantitative estimate of drug-likeness (QED) is 0.781. The summed E-state index contributed by atoms with van der Waals surface area (Å²) in [4.78, 5) is 0. The summed E-state index contributed by atoms with van der Waals surface area (Å²) in [6.07, 6.45) is -4.69. The van der Waals surface area contributed by atoms with E-state index in [4.69, 9.17) is 5.73 Å². The second-order valence-corrected chi connectivity index (χ2v) is 5.47. The van der Waals surface area contributed by atoms with Gasteiger partial charge in [-0.25, -0.2) is 0 Å². The zero-order chi connectivity index (χ0) is 15.6. The average molecular weight is 397 g/mol. The fraction of sp³-hybridized carbons (Fsp3) is 0.200. The van der Waals surface area contributed by atoms with Crippen LogP contribution in [0.4, 0.5) is 13.2 Å². The van der Waals surface area contributed by atoms with Crippen molar-refractivity contribution in [1.82, 2.24) is 0 Å². The van der Waals surface area contributed by atoms with Gasteiger partial charge in [0, 0.05) is 4.47 Å². The van der Waals surface area contributed by atoms with Gasteiger partial charge in [-0.2, -0.15) is 0 Å². The summed E-state index contributed by atoms with van der Waals surface area (Å²) in [5.41, 5.74) is 8.81. The standard InChI is InChI=1S/C15H13BrF3NO.ClH/c1-9-2-7-12(13(16)8-9)14(20)10-3-5-11(6-4-10)21-15(17,18)19;/h2-8,14H,20H2,1H3;1H/t14-;/m0./s1. The maximum Gasteiger partial charge on any atom is 0.573 e. The van der Waals surface area contributed by atoms with Crippen molar-refractivity contribution in [3.05, 3.63) is 63.6 Å². The van der Waals surface area contributed by atoms with Crippen LogP contribution < -0.4 is 10.5 Å². The van der Waals surface area contributed by atoms with Crippen molar-refractivity contribution in [1.29, 1.82) is 0 Å². The predicted octanol–water partition coefficient (Wildman–Crippen LogP) is 5.13. The Morgan fingerprint density at radius 2 is 1.68 bits per heavy atom. The van der Waals surface area contributed by atoms with E-state index in [1.54, 1.807) is 0 Å². The van der Waals surface area contributed by atoms with E-state index >= 15 is 0 Å². The number of ether oxygens (including phenoxy) is 1. The maximum atomic E-state index is 12.1. The Bertz CT molecular complexity index is 632. The van der Waals surface area contributed by atoms with E-state index in [0.717, 1.165) is 15.6 Å². The fourth-order valence-electron chi connectivity index (χ4n) is 1.94. The highest BCUT2D eigenvalue weighted by Gasteiger charge is 2.31. The van der Waals surface area contributed by atoms with Gasteiger partial charge in [-0.15, -0.1) is 25.6 Å². The molecule has 0 aliphatic carbocycles. The van der Waals surface area contributed by atoms with Gasteiger partial charge in [0.15, 0.2) is 0 Å². The Hall–Kier alpha value is -1.24. The monoisotopic (exact) mass is 395 g/mol. The molecular weight excluding hydrogens is 383 g/mol. The third-order valence-electron chi connectivity index (χ3n) is 2.96. The first-order valence-electron chi connectivity index (χ1n) is 6.13. The SMILES string of the molecule is Cc1ccc([C@@H](N)c2ccc(OC(F)(F)F)cc2)c(Br)c1.Cl. The summed E-state index contributed by atoms with van der Waals surface area (Å²) in [5.74, 6) is -0.263. The van der Waals surface area contributed by atoms with Crippen molar-refractivity contribution in [2.45, 2.75) is 19.3 Å². The van der Waals surface area contributed by atoms with E-state index in [1.165, 1.54) is 24.3 Å². The summed E-state index contributed by atoms with van der Waals surface area (Å²) in [5, 5.41) is 0. The summed E-state index contributed by atoms with van der Waals surface area (Å²) in [7, 11) is 0. The zero-order valence-corrected chi connectivity index (χ0v) is 13.9. The Labute approximate surface area is 141 Å². The third kappa shape index (κ3) is 4.90. The minimum Gasteiger partial charge on any atom is -0.406 e. The highest BCUT2D eigenvalue weighted by Crippen LogP contribution is 2.29. The molecule has 2 nitrogen and oxygen atoms in total. The maximum absolute atomic E-state index is 12.1. The van der Waals surface area contributed by atoms with E-state index < -0.39 is 12.4 Å². The lowest BCUT2D eigenvalue weighted by Gasteiger charge is -2.16. The van der Waals surface area contributed by atoms with Crippen LogP contribution in [-0.4, -0.2) is 6.36 Å². The van der Waals surface area contributed by atoms with Crippen molar-refractivity contribution >= 4 is 28.3 Å². The highest BCUT2D eigenvalue weighted by atomic mass is 79.9. The molecule has 0 heterocycles. The molecule has 0 bridgehead atoms. The lowest BCUT2D eigenvalue weighted by atomic mass is 9.99. The minimum atomic E-state index is -4.69. The lowest BCUT2D eigenvalue weighted by Crippen LogP contribution is -2.17. The second-order valence-electron chi connectivity index (χ2n) is 4.62. The number of aryl methyl sites for hydroxylation is 1. The molecule has 0 aliphatic heterocycles. The van der Waals surface area contributed by atoms with Crippen LogP contribution in [0.25, 0.3) is 0 Å². The number of alkyl halides is 3. The molecule has 0 saturated carbocycles. The third-order valence-corrected chi connectivity index (χ3v) is 3.65. The van der Waals surface area contributed by atoms with Gasteiger partial charge in [0.1, 0.15) is 5.75 Å². The van der Waals surface area contributed by atoms with Gasteiger partial charge in [-0.1, -0.05) is 40.2 Å². The number of rotatable bonds is 3. The minimum absolute atomic E-state index is 0. The molecule has 0 fully saturated rings. The molecule has 2 aromatic rings. The summed E-state index contributed by atoms with van der Waals surface area (Å²) < 4.78 is 41.0. The number of benzene rings is 2. The molecule has 0 amide bonds. The van der Waals surface area contributed by atoms with Crippen LogP contribution in [0.5, 0.6) is 5.75 Å². The topological polar surface area (TPSA) is 35.2 Å². The van der Waals surface area contributed by atoms with E-state index in [1.807, 2.05) is 25.1 Å². The number of hydrogen-bond donors (Lipinski definition) is 1. The van der Waals surface area contributed by atoms with Crippen molar-refractivity contribution < 1.29 is 17.9 Å². The first-order chi connectivity index (χ1) is 9.76. The van der Waals surface area contributed by atoms with Crippen LogP contribution in [0.3, 0.4) is 0 Å². The Kier molecular flexibility index (Phi) is 6.28. The van der Waals surface area contributed by atoms with Gasteiger partial charge < -0.3 is 10.5 Å². The zero-order valence-electron chi connectivity index (χ0n) is 11.5. The second kappa shape index (κ2) is 7.35. The average Bonchev–Trinajstić information content (AvgIpc) is 2.37. The molecule has 0 aliphatic rings. The van der Waals surface area contributed by atoms with Crippen LogP contribution in [0, 0.1) is 6.92 Å².